The second-order valence-electron chi connectivity index (χ2n) is 6.35. The highest BCUT2D eigenvalue weighted by Crippen LogP contribution is 2.32. The minimum atomic E-state index is -0.912. The van der Waals surface area contributed by atoms with Crippen LogP contribution < -0.4 is 16.5 Å². The maximum absolute atomic E-state index is 12.3. The van der Waals surface area contributed by atoms with Gasteiger partial charge in [0.05, 0.1) is 12.1 Å². The Bertz CT molecular complexity index is 848. The Morgan fingerprint density at radius 3 is 2.81 bits per heavy atom. The van der Waals surface area contributed by atoms with E-state index in [1.165, 1.54) is 11.1 Å². The summed E-state index contributed by atoms with van der Waals surface area (Å²) in [5, 5.41) is 6.48. The molecule has 0 bridgehead atoms. The second-order valence-corrected chi connectivity index (χ2v) is 6.35. The largest absolute Gasteiger partial charge is 0.369 e. The highest BCUT2D eigenvalue weighted by Gasteiger charge is 2.37. The van der Waals surface area contributed by atoms with Gasteiger partial charge in [-0.1, -0.05) is 0 Å². The standard InChI is InChI=1S/C16H19N7O3/c1-16(8-13(25)23(2)15(17)20-16)11-7-9(5-6-18-11)19-14(26)10-3-4-12(24)22-21-10/h5-7H,3-4,8H2,1-2H3,(H2,17,20)(H,22,24)(H,18,19,26). The van der Waals surface area contributed by atoms with Crippen LogP contribution in [0, 0.1) is 0 Å². The molecule has 0 aliphatic carbocycles. The lowest BCUT2D eigenvalue weighted by Gasteiger charge is -2.32. The molecule has 1 unspecified atom stereocenters. The average molecular weight is 357 g/mol. The summed E-state index contributed by atoms with van der Waals surface area (Å²) in [5.74, 6) is -0.673. The lowest BCUT2D eigenvalue weighted by atomic mass is 9.91. The molecule has 1 atom stereocenters. The van der Waals surface area contributed by atoms with Gasteiger partial charge >= 0.3 is 0 Å². The van der Waals surface area contributed by atoms with Crippen LogP contribution in [0.2, 0.25) is 0 Å². The number of nitrogens with one attached hydrogen (secondary N) is 2. The predicted molar refractivity (Wildman–Crippen MR) is 94.0 cm³/mol. The molecule has 26 heavy (non-hydrogen) atoms. The topological polar surface area (TPSA) is 142 Å². The molecule has 1 aromatic heterocycles. The summed E-state index contributed by atoms with van der Waals surface area (Å²) >= 11 is 0. The molecular weight excluding hydrogens is 338 g/mol. The number of aliphatic imine (C=N–C) groups is 1. The van der Waals surface area contributed by atoms with Gasteiger partial charge in [0.25, 0.3) is 5.91 Å². The molecule has 3 amide bonds. The molecule has 136 valence electrons. The summed E-state index contributed by atoms with van der Waals surface area (Å²) in [5.41, 5.74) is 8.43. The fourth-order valence-corrected chi connectivity index (χ4v) is 2.70. The lowest BCUT2D eigenvalue weighted by molar-refractivity contribution is -0.128. The van der Waals surface area contributed by atoms with Gasteiger partial charge in [-0.2, -0.15) is 5.10 Å². The molecule has 3 rings (SSSR count). The van der Waals surface area contributed by atoms with E-state index < -0.39 is 11.4 Å². The number of rotatable bonds is 3. The van der Waals surface area contributed by atoms with Gasteiger partial charge in [0.2, 0.25) is 11.8 Å². The van der Waals surface area contributed by atoms with Crippen molar-refractivity contribution in [3.63, 3.8) is 0 Å². The van der Waals surface area contributed by atoms with Crippen LogP contribution in [0.3, 0.4) is 0 Å². The van der Waals surface area contributed by atoms with Gasteiger partial charge in [-0.15, -0.1) is 0 Å². The van der Waals surface area contributed by atoms with Crippen molar-refractivity contribution in [1.29, 1.82) is 0 Å². The number of guanidine groups is 1. The molecule has 1 aromatic rings. The Kier molecular flexibility index (Phi) is 4.41. The smallest absolute Gasteiger partial charge is 0.271 e. The Balaban J connectivity index is 1.82. The first-order chi connectivity index (χ1) is 12.3. The van der Waals surface area contributed by atoms with Crippen molar-refractivity contribution in [1.82, 2.24) is 15.3 Å². The Hall–Kier alpha value is -3.30. The molecule has 0 fully saturated rings. The van der Waals surface area contributed by atoms with E-state index in [0.717, 1.165) is 0 Å². The molecule has 2 aliphatic rings. The maximum atomic E-state index is 12.3. The van der Waals surface area contributed by atoms with Gasteiger partial charge in [0.15, 0.2) is 5.96 Å². The Morgan fingerprint density at radius 1 is 1.38 bits per heavy atom. The normalized spacial score (nSPS) is 23.1. The maximum Gasteiger partial charge on any atom is 0.271 e. The van der Waals surface area contributed by atoms with Crippen LogP contribution >= 0.6 is 0 Å². The van der Waals surface area contributed by atoms with Crippen LogP contribution in [0.25, 0.3) is 0 Å². The van der Waals surface area contributed by atoms with Crippen molar-refractivity contribution in [3.8, 4) is 0 Å². The van der Waals surface area contributed by atoms with Crippen LogP contribution in [-0.2, 0) is 19.9 Å². The average Bonchev–Trinajstić information content (AvgIpc) is 2.60. The quantitative estimate of drug-likeness (QED) is 0.679. The molecule has 0 saturated heterocycles. The van der Waals surface area contributed by atoms with E-state index in [1.807, 2.05) is 0 Å². The highest BCUT2D eigenvalue weighted by atomic mass is 16.2. The van der Waals surface area contributed by atoms with Gasteiger partial charge in [0.1, 0.15) is 11.3 Å². The summed E-state index contributed by atoms with van der Waals surface area (Å²) in [7, 11) is 1.56. The first-order valence-electron chi connectivity index (χ1n) is 8.04. The van der Waals surface area contributed by atoms with E-state index >= 15 is 0 Å². The number of anilines is 1. The fourth-order valence-electron chi connectivity index (χ4n) is 2.70. The summed E-state index contributed by atoms with van der Waals surface area (Å²) < 4.78 is 0. The van der Waals surface area contributed by atoms with E-state index in [1.54, 1.807) is 26.1 Å². The van der Waals surface area contributed by atoms with Crippen LogP contribution in [0.1, 0.15) is 31.9 Å². The molecule has 0 spiro atoms. The lowest BCUT2D eigenvalue weighted by Crippen LogP contribution is -2.47. The predicted octanol–water partition coefficient (Wildman–Crippen LogP) is -0.322. The number of hydrazone groups is 1. The summed E-state index contributed by atoms with van der Waals surface area (Å²) in [6.07, 6.45) is 2.13. The zero-order valence-electron chi connectivity index (χ0n) is 14.4. The van der Waals surface area contributed by atoms with Gasteiger partial charge in [-0.25, -0.2) is 10.4 Å². The highest BCUT2D eigenvalue weighted by molar-refractivity contribution is 6.43. The van der Waals surface area contributed by atoms with E-state index in [9.17, 15) is 14.4 Å². The molecule has 0 radical (unpaired) electrons. The third-order valence-corrected chi connectivity index (χ3v) is 4.31. The van der Waals surface area contributed by atoms with Crippen molar-refractivity contribution in [2.75, 3.05) is 12.4 Å². The minimum Gasteiger partial charge on any atom is -0.369 e. The Labute approximate surface area is 149 Å². The Morgan fingerprint density at radius 2 is 2.15 bits per heavy atom. The van der Waals surface area contributed by atoms with E-state index in [2.05, 4.69) is 25.8 Å². The molecule has 4 N–H and O–H groups in total. The van der Waals surface area contributed by atoms with Crippen molar-refractivity contribution < 1.29 is 14.4 Å². The number of aromatic nitrogens is 1. The number of nitrogens with two attached hydrogens (primary N) is 1. The van der Waals surface area contributed by atoms with E-state index in [4.69, 9.17) is 5.73 Å². The number of carbonyl (C=O) groups excluding carboxylic acids is 3. The summed E-state index contributed by atoms with van der Waals surface area (Å²) in [4.78, 5) is 45.5. The number of nitrogens with zero attached hydrogens (tertiary/aromatic N) is 4. The van der Waals surface area contributed by atoms with Crippen LogP contribution in [-0.4, -0.2) is 46.3 Å². The van der Waals surface area contributed by atoms with Crippen LogP contribution in [0.5, 0.6) is 0 Å². The van der Waals surface area contributed by atoms with Gasteiger partial charge in [-0.05, 0) is 19.1 Å². The number of carbonyl (C=O) groups is 3. The van der Waals surface area contributed by atoms with Gasteiger partial charge < -0.3 is 11.1 Å². The molecule has 0 saturated carbocycles. The molecule has 10 heteroatoms. The van der Waals surface area contributed by atoms with E-state index in [-0.39, 0.29) is 42.7 Å². The van der Waals surface area contributed by atoms with Crippen LogP contribution in [0.4, 0.5) is 5.69 Å². The molecule has 10 nitrogen and oxygen atoms in total. The summed E-state index contributed by atoms with van der Waals surface area (Å²) in [6.45, 7) is 1.76. The second kappa shape index (κ2) is 6.54. The zero-order chi connectivity index (χ0) is 18.9. The molecule has 3 heterocycles. The molecule has 2 aliphatic heterocycles. The first kappa shape index (κ1) is 17.5. The number of amides is 3. The van der Waals surface area contributed by atoms with Gasteiger partial charge in [0, 0.05) is 31.8 Å². The van der Waals surface area contributed by atoms with Crippen molar-refractivity contribution in [3.05, 3.63) is 24.0 Å². The van der Waals surface area contributed by atoms with E-state index in [0.29, 0.717) is 11.4 Å². The third-order valence-electron chi connectivity index (χ3n) is 4.31. The third kappa shape index (κ3) is 3.39. The SMILES string of the molecule is CN1C(=O)CC(C)(c2cc(NC(=O)C3=NNC(=O)CC3)ccn2)N=C1N. The number of hydrogen-bond donors (Lipinski definition) is 3. The molecule has 0 aromatic carbocycles. The fraction of sp³-hybridized carbons (Fsp3) is 0.375. The van der Waals surface area contributed by atoms with Gasteiger partial charge in [-0.3, -0.25) is 24.3 Å². The monoisotopic (exact) mass is 357 g/mol. The number of pyridine rings is 1. The van der Waals surface area contributed by atoms with Crippen LogP contribution in [0.15, 0.2) is 28.4 Å². The number of hydrogen-bond acceptors (Lipinski definition) is 7. The first-order valence-corrected chi connectivity index (χ1v) is 8.04. The summed E-state index contributed by atoms with van der Waals surface area (Å²) in [6, 6.07) is 3.27. The van der Waals surface area contributed by atoms with Crippen molar-refractivity contribution in [2.45, 2.75) is 31.7 Å². The zero-order valence-corrected chi connectivity index (χ0v) is 14.4. The minimum absolute atomic E-state index is 0.118. The van der Waals surface area contributed by atoms with Crippen molar-refractivity contribution in [2.24, 2.45) is 15.8 Å². The molecular formula is C16H19N7O3. The van der Waals surface area contributed by atoms with Crippen molar-refractivity contribution >= 4 is 35.1 Å².